The Morgan fingerprint density at radius 3 is 2.45 bits per heavy atom. The van der Waals surface area contributed by atoms with Gasteiger partial charge in [-0.05, 0) is 50.2 Å². The van der Waals surface area contributed by atoms with E-state index in [0.29, 0.717) is 27.0 Å². The van der Waals surface area contributed by atoms with Crippen LogP contribution in [0.4, 0.5) is 17.1 Å². The fourth-order valence-electron chi connectivity index (χ4n) is 1.93. The molecule has 0 fully saturated rings. The zero-order chi connectivity index (χ0) is 16.3. The van der Waals surface area contributed by atoms with Crippen LogP contribution in [0.2, 0.25) is 10.0 Å². The first-order valence-electron chi connectivity index (χ1n) is 6.79. The second-order valence-corrected chi connectivity index (χ2v) is 6.00. The molecule has 0 heterocycles. The lowest BCUT2D eigenvalue weighted by molar-refractivity contribution is 0.0944. The summed E-state index contributed by atoms with van der Waals surface area (Å²) in [5.41, 5.74) is 8.16. The maximum absolute atomic E-state index is 12.3. The van der Waals surface area contributed by atoms with Crippen molar-refractivity contribution in [2.75, 3.05) is 11.1 Å². The molecular formula is C16H17Cl2N3O. The second kappa shape index (κ2) is 6.90. The molecule has 2 rings (SSSR count). The second-order valence-electron chi connectivity index (χ2n) is 5.19. The number of nitrogens with two attached hydrogens (primary N) is 1. The molecule has 0 saturated heterocycles. The van der Waals surface area contributed by atoms with Crippen LogP contribution >= 0.6 is 23.2 Å². The molecule has 0 unspecified atom stereocenters. The minimum absolute atomic E-state index is 0.0340. The summed E-state index contributed by atoms with van der Waals surface area (Å²) in [7, 11) is 0. The number of nitrogen functional groups attached to an aromatic ring is 1. The smallest absolute Gasteiger partial charge is 0.253 e. The van der Waals surface area contributed by atoms with Crippen molar-refractivity contribution in [3.63, 3.8) is 0 Å². The third kappa shape index (κ3) is 4.06. The van der Waals surface area contributed by atoms with E-state index in [-0.39, 0.29) is 11.9 Å². The average molecular weight is 338 g/mol. The van der Waals surface area contributed by atoms with Crippen LogP contribution in [0.25, 0.3) is 0 Å². The van der Waals surface area contributed by atoms with Crippen LogP contribution < -0.4 is 16.4 Å². The van der Waals surface area contributed by atoms with Crippen molar-refractivity contribution in [1.29, 1.82) is 0 Å². The Kier molecular flexibility index (Phi) is 5.16. The standard InChI is InChI=1S/C16H17Cl2N3O/c1-9(2)20-16(22)12-7-10(19)3-6-15(12)21-11-4-5-13(17)14(18)8-11/h3-9,21H,19H2,1-2H3,(H,20,22). The quantitative estimate of drug-likeness (QED) is 0.721. The molecule has 0 aliphatic carbocycles. The molecule has 0 spiro atoms. The summed E-state index contributed by atoms with van der Waals surface area (Å²) in [6, 6.07) is 10.3. The number of carbonyl (C=O) groups is 1. The minimum atomic E-state index is -0.190. The molecule has 1 amide bonds. The topological polar surface area (TPSA) is 67.2 Å². The number of nitrogens with one attached hydrogen (secondary N) is 2. The highest BCUT2D eigenvalue weighted by molar-refractivity contribution is 6.42. The molecule has 4 nitrogen and oxygen atoms in total. The maximum Gasteiger partial charge on any atom is 0.253 e. The lowest BCUT2D eigenvalue weighted by Gasteiger charge is -2.15. The Balaban J connectivity index is 2.34. The Bertz CT molecular complexity index is 702. The number of rotatable bonds is 4. The van der Waals surface area contributed by atoms with Crippen LogP contribution in [-0.4, -0.2) is 11.9 Å². The van der Waals surface area contributed by atoms with Gasteiger partial charge in [0.25, 0.3) is 5.91 Å². The van der Waals surface area contributed by atoms with E-state index in [4.69, 9.17) is 28.9 Å². The number of carbonyl (C=O) groups excluding carboxylic acids is 1. The van der Waals surface area contributed by atoms with Gasteiger partial charge in [-0.2, -0.15) is 0 Å². The highest BCUT2D eigenvalue weighted by Crippen LogP contribution is 2.28. The fraction of sp³-hybridized carbons (Fsp3) is 0.188. The number of halogens is 2. The van der Waals surface area contributed by atoms with Gasteiger partial charge in [0.15, 0.2) is 0 Å². The van der Waals surface area contributed by atoms with Gasteiger partial charge >= 0.3 is 0 Å². The number of hydrogen-bond acceptors (Lipinski definition) is 3. The Morgan fingerprint density at radius 2 is 1.82 bits per heavy atom. The summed E-state index contributed by atoms with van der Waals surface area (Å²) in [6.45, 7) is 3.80. The largest absolute Gasteiger partial charge is 0.399 e. The first kappa shape index (κ1) is 16.5. The van der Waals surface area contributed by atoms with E-state index in [1.807, 2.05) is 13.8 Å². The molecule has 4 N–H and O–H groups in total. The Labute approximate surface area is 139 Å². The minimum Gasteiger partial charge on any atom is -0.399 e. The molecule has 0 aromatic heterocycles. The zero-order valence-corrected chi connectivity index (χ0v) is 13.8. The van der Waals surface area contributed by atoms with Crippen molar-refractivity contribution in [3.05, 3.63) is 52.0 Å². The molecule has 2 aromatic carbocycles. The average Bonchev–Trinajstić information content (AvgIpc) is 2.44. The molecule has 116 valence electrons. The molecule has 6 heteroatoms. The number of anilines is 3. The van der Waals surface area contributed by atoms with E-state index in [0.717, 1.165) is 5.69 Å². The van der Waals surface area contributed by atoms with E-state index in [1.54, 1.807) is 36.4 Å². The van der Waals surface area contributed by atoms with Gasteiger partial charge in [0.1, 0.15) is 0 Å². The molecule has 0 bridgehead atoms. The van der Waals surface area contributed by atoms with Gasteiger partial charge in [0.2, 0.25) is 0 Å². The van der Waals surface area contributed by atoms with E-state index < -0.39 is 0 Å². The predicted octanol–water partition coefficient (Wildman–Crippen LogP) is 4.46. The molecule has 2 aromatic rings. The first-order valence-corrected chi connectivity index (χ1v) is 7.55. The third-order valence-electron chi connectivity index (χ3n) is 2.91. The maximum atomic E-state index is 12.3. The molecule has 0 atom stereocenters. The van der Waals surface area contributed by atoms with Gasteiger partial charge in [0.05, 0.1) is 21.3 Å². The monoisotopic (exact) mass is 337 g/mol. The first-order chi connectivity index (χ1) is 10.4. The van der Waals surface area contributed by atoms with E-state index in [2.05, 4.69) is 10.6 Å². The summed E-state index contributed by atoms with van der Waals surface area (Å²) in [4.78, 5) is 12.3. The SMILES string of the molecule is CC(C)NC(=O)c1cc(N)ccc1Nc1ccc(Cl)c(Cl)c1. The van der Waals surface area contributed by atoms with Crippen LogP contribution in [0.1, 0.15) is 24.2 Å². The molecular weight excluding hydrogens is 321 g/mol. The third-order valence-corrected chi connectivity index (χ3v) is 3.65. The highest BCUT2D eigenvalue weighted by Gasteiger charge is 2.13. The predicted molar refractivity (Wildman–Crippen MR) is 93.2 cm³/mol. The lowest BCUT2D eigenvalue weighted by Crippen LogP contribution is -2.30. The Hall–Kier alpha value is -1.91. The number of hydrogen-bond donors (Lipinski definition) is 3. The van der Waals surface area contributed by atoms with Gasteiger partial charge < -0.3 is 16.4 Å². The molecule has 22 heavy (non-hydrogen) atoms. The van der Waals surface area contributed by atoms with Crippen molar-refractivity contribution < 1.29 is 4.79 Å². The summed E-state index contributed by atoms with van der Waals surface area (Å²) in [6.07, 6.45) is 0. The van der Waals surface area contributed by atoms with E-state index >= 15 is 0 Å². The summed E-state index contributed by atoms with van der Waals surface area (Å²) in [5, 5.41) is 6.93. The van der Waals surface area contributed by atoms with E-state index in [1.165, 1.54) is 0 Å². The van der Waals surface area contributed by atoms with Crippen LogP contribution in [0.15, 0.2) is 36.4 Å². The highest BCUT2D eigenvalue weighted by atomic mass is 35.5. The molecule has 0 saturated carbocycles. The molecule has 0 radical (unpaired) electrons. The number of amides is 1. The van der Waals surface area contributed by atoms with Crippen LogP contribution in [-0.2, 0) is 0 Å². The van der Waals surface area contributed by atoms with Crippen LogP contribution in [0, 0.1) is 0 Å². The van der Waals surface area contributed by atoms with Crippen molar-refractivity contribution in [1.82, 2.24) is 5.32 Å². The van der Waals surface area contributed by atoms with Crippen molar-refractivity contribution in [3.8, 4) is 0 Å². The lowest BCUT2D eigenvalue weighted by atomic mass is 10.1. The summed E-state index contributed by atoms with van der Waals surface area (Å²) >= 11 is 11.9. The summed E-state index contributed by atoms with van der Waals surface area (Å²) in [5.74, 6) is -0.190. The van der Waals surface area contributed by atoms with Crippen molar-refractivity contribution >= 4 is 46.2 Å². The van der Waals surface area contributed by atoms with E-state index in [9.17, 15) is 4.79 Å². The van der Waals surface area contributed by atoms with Crippen molar-refractivity contribution in [2.24, 2.45) is 0 Å². The van der Waals surface area contributed by atoms with Crippen LogP contribution in [0.3, 0.4) is 0 Å². The van der Waals surface area contributed by atoms with Crippen molar-refractivity contribution in [2.45, 2.75) is 19.9 Å². The molecule has 0 aliphatic rings. The van der Waals surface area contributed by atoms with Gasteiger partial charge in [-0.15, -0.1) is 0 Å². The van der Waals surface area contributed by atoms with Gasteiger partial charge in [0, 0.05) is 17.4 Å². The number of benzene rings is 2. The normalized spacial score (nSPS) is 10.6. The van der Waals surface area contributed by atoms with Gasteiger partial charge in [-0.1, -0.05) is 23.2 Å². The molecule has 0 aliphatic heterocycles. The van der Waals surface area contributed by atoms with Gasteiger partial charge in [-0.3, -0.25) is 4.79 Å². The fourth-order valence-corrected chi connectivity index (χ4v) is 2.23. The van der Waals surface area contributed by atoms with Gasteiger partial charge in [-0.25, -0.2) is 0 Å². The zero-order valence-electron chi connectivity index (χ0n) is 12.3. The Morgan fingerprint density at radius 1 is 1.09 bits per heavy atom. The summed E-state index contributed by atoms with van der Waals surface area (Å²) < 4.78 is 0. The van der Waals surface area contributed by atoms with Crippen LogP contribution in [0.5, 0.6) is 0 Å².